The molecule has 4 rings (SSSR count). The van der Waals surface area contributed by atoms with Gasteiger partial charge in [0.2, 0.25) is 5.95 Å². The molecule has 0 N–H and O–H groups in total. The summed E-state index contributed by atoms with van der Waals surface area (Å²) in [5.74, 6) is -0.466. The molecular weight excluding hydrogens is 402 g/mol. The third-order valence-corrected chi connectivity index (χ3v) is 6.32. The van der Waals surface area contributed by atoms with Crippen LogP contribution in [0.2, 0.25) is 0 Å². The van der Waals surface area contributed by atoms with Crippen molar-refractivity contribution in [2.24, 2.45) is 4.99 Å². The smallest absolute Gasteiger partial charge is 0.260 e. The molecule has 27 heavy (non-hydrogen) atoms. The molecule has 138 valence electrons. The highest BCUT2D eigenvalue weighted by Gasteiger charge is 2.49. The fourth-order valence-corrected chi connectivity index (χ4v) is 4.86. The summed E-state index contributed by atoms with van der Waals surface area (Å²) in [4.78, 5) is 8.46. The zero-order chi connectivity index (χ0) is 19.2. The minimum atomic E-state index is -4.55. The van der Waals surface area contributed by atoms with Crippen molar-refractivity contribution in [2.45, 2.75) is 35.3 Å². The van der Waals surface area contributed by atoms with Crippen LogP contribution in [0.3, 0.4) is 0 Å². The first-order valence-corrected chi connectivity index (χ1v) is 9.51. The molecular formula is C16H9F4N5S2. The van der Waals surface area contributed by atoms with Crippen LogP contribution < -0.4 is 0 Å². The van der Waals surface area contributed by atoms with E-state index in [1.807, 2.05) is 0 Å². The summed E-state index contributed by atoms with van der Waals surface area (Å²) in [6.45, 7) is 0. The van der Waals surface area contributed by atoms with E-state index < -0.39 is 23.2 Å². The summed E-state index contributed by atoms with van der Waals surface area (Å²) in [5, 5.41) is 17.0. The van der Waals surface area contributed by atoms with E-state index in [4.69, 9.17) is 5.26 Å². The predicted molar refractivity (Wildman–Crippen MR) is 91.4 cm³/mol. The van der Waals surface area contributed by atoms with Crippen molar-refractivity contribution in [2.75, 3.05) is 0 Å². The maximum atomic E-state index is 13.4. The van der Waals surface area contributed by atoms with Gasteiger partial charge in [0.15, 0.2) is 0 Å². The van der Waals surface area contributed by atoms with Gasteiger partial charge in [-0.2, -0.15) is 22.8 Å². The molecule has 2 aromatic rings. The van der Waals surface area contributed by atoms with Crippen molar-refractivity contribution in [3.8, 4) is 6.07 Å². The fourth-order valence-electron chi connectivity index (χ4n) is 2.66. The van der Waals surface area contributed by atoms with E-state index in [1.54, 1.807) is 6.07 Å². The molecule has 0 aromatic carbocycles. The van der Waals surface area contributed by atoms with Crippen LogP contribution >= 0.6 is 23.5 Å². The number of rotatable bonds is 2. The molecule has 2 aliphatic rings. The summed E-state index contributed by atoms with van der Waals surface area (Å²) < 4.78 is 52.3. The van der Waals surface area contributed by atoms with Gasteiger partial charge in [-0.1, -0.05) is 11.8 Å². The molecule has 11 heteroatoms. The molecule has 0 radical (unpaired) electrons. The third-order valence-electron chi connectivity index (χ3n) is 4.19. The van der Waals surface area contributed by atoms with Gasteiger partial charge < -0.3 is 0 Å². The first kappa shape index (κ1) is 18.2. The number of nitriles is 1. The maximum absolute atomic E-state index is 13.4. The molecule has 1 spiro atoms. The number of aliphatic imine (C=N–C) groups is 1. The molecule has 0 unspecified atom stereocenters. The number of aromatic nitrogens is 3. The highest BCUT2D eigenvalue weighted by atomic mass is 32.2. The SMILES string of the molecule is N#Cc1cc(C(F)(F)F)cnc1CSC1=NC2(CC2)c2cc(F)nnc2S1. The summed E-state index contributed by atoms with van der Waals surface area (Å²) in [6.07, 6.45) is -2.28. The van der Waals surface area contributed by atoms with E-state index in [-0.39, 0.29) is 17.0 Å². The Balaban J connectivity index is 1.54. The lowest BCUT2D eigenvalue weighted by atomic mass is 10.1. The average molecular weight is 411 g/mol. The average Bonchev–Trinajstić information content (AvgIpc) is 3.39. The molecule has 1 aliphatic heterocycles. The Hall–Kier alpha value is -2.19. The van der Waals surface area contributed by atoms with Crippen LogP contribution in [0.5, 0.6) is 0 Å². The molecule has 0 amide bonds. The van der Waals surface area contributed by atoms with Gasteiger partial charge in [0, 0.05) is 23.6 Å². The molecule has 5 nitrogen and oxygen atoms in total. The van der Waals surface area contributed by atoms with Gasteiger partial charge >= 0.3 is 6.18 Å². The second-order valence-electron chi connectivity index (χ2n) is 6.01. The summed E-state index contributed by atoms with van der Waals surface area (Å²) in [5.41, 5.74) is -0.595. The molecule has 3 heterocycles. The Morgan fingerprint density at radius 2 is 2.04 bits per heavy atom. The number of fused-ring (bicyclic) bond motifs is 2. The number of nitrogens with zero attached hydrogens (tertiary/aromatic N) is 5. The van der Waals surface area contributed by atoms with E-state index in [0.29, 0.717) is 9.40 Å². The molecule has 1 fully saturated rings. The van der Waals surface area contributed by atoms with Gasteiger partial charge in [-0.25, -0.2) is 0 Å². The van der Waals surface area contributed by atoms with Crippen molar-refractivity contribution in [3.63, 3.8) is 0 Å². The van der Waals surface area contributed by atoms with Crippen LogP contribution in [0, 0.1) is 17.3 Å². The van der Waals surface area contributed by atoms with Crippen LogP contribution in [-0.2, 0) is 17.5 Å². The summed E-state index contributed by atoms with van der Waals surface area (Å²) in [7, 11) is 0. The van der Waals surface area contributed by atoms with Crippen molar-refractivity contribution in [3.05, 3.63) is 46.7 Å². The van der Waals surface area contributed by atoms with Crippen LogP contribution in [0.4, 0.5) is 17.6 Å². The molecule has 0 atom stereocenters. The molecule has 2 aromatic heterocycles. The quantitative estimate of drug-likeness (QED) is 0.687. The molecule has 1 aliphatic carbocycles. The Morgan fingerprint density at radius 1 is 1.26 bits per heavy atom. The van der Waals surface area contributed by atoms with Gasteiger partial charge in [0.05, 0.1) is 22.4 Å². The Kier molecular flexibility index (Phi) is 4.35. The Morgan fingerprint density at radius 3 is 2.70 bits per heavy atom. The number of hydrogen-bond acceptors (Lipinski definition) is 7. The van der Waals surface area contributed by atoms with Crippen LogP contribution in [0.25, 0.3) is 0 Å². The van der Waals surface area contributed by atoms with Gasteiger partial charge in [-0.3, -0.25) is 9.98 Å². The summed E-state index contributed by atoms with van der Waals surface area (Å²) in [6, 6.07) is 3.90. The van der Waals surface area contributed by atoms with Crippen LogP contribution in [0.1, 0.15) is 35.2 Å². The molecule has 0 bridgehead atoms. The van der Waals surface area contributed by atoms with Gasteiger partial charge in [-0.15, -0.1) is 10.2 Å². The molecule has 0 saturated heterocycles. The Bertz CT molecular complexity index is 995. The lowest BCUT2D eigenvalue weighted by Crippen LogP contribution is -2.15. The van der Waals surface area contributed by atoms with E-state index in [1.165, 1.54) is 29.6 Å². The first-order chi connectivity index (χ1) is 12.8. The highest BCUT2D eigenvalue weighted by Crippen LogP contribution is 2.56. The first-order valence-electron chi connectivity index (χ1n) is 7.71. The maximum Gasteiger partial charge on any atom is 0.417 e. The third kappa shape index (κ3) is 3.51. The van der Waals surface area contributed by atoms with E-state index in [0.717, 1.165) is 30.7 Å². The van der Waals surface area contributed by atoms with Crippen molar-refractivity contribution in [1.29, 1.82) is 5.26 Å². The highest BCUT2D eigenvalue weighted by molar-refractivity contribution is 8.38. The summed E-state index contributed by atoms with van der Waals surface area (Å²) >= 11 is 2.49. The fraction of sp³-hybridized carbons (Fsp3) is 0.312. The predicted octanol–water partition coefficient (Wildman–Crippen LogP) is 4.29. The van der Waals surface area contributed by atoms with Crippen molar-refractivity contribution in [1.82, 2.24) is 15.2 Å². The number of pyridine rings is 1. The standard InChI is InChI=1S/C16H9F4N5S2/c17-12-4-10-13(25-24-12)27-14(23-15(10)1-2-15)26-7-11-8(5-21)3-9(6-22-11)16(18,19)20/h3-4,6H,1-2,7H2. The van der Waals surface area contributed by atoms with E-state index >= 15 is 0 Å². The number of hydrogen-bond donors (Lipinski definition) is 0. The van der Waals surface area contributed by atoms with Crippen molar-refractivity contribution >= 4 is 27.9 Å². The van der Waals surface area contributed by atoms with Gasteiger partial charge in [0.1, 0.15) is 15.5 Å². The monoisotopic (exact) mass is 411 g/mol. The van der Waals surface area contributed by atoms with Crippen molar-refractivity contribution < 1.29 is 17.6 Å². The topological polar surface area (TPSA) is 74.8 Å². The minimum absolute atomic E-state index is 0.123. The zero-order valence-electron chi connectivity index (χ0n) is 13.4. The number of alkyl halides is 3. The van der Waals surface area contributed by atoms with E-state index in [9.17, 15) is 17.6 Å². The normalized spacial score (nSPS) is 17.2. The van der Waals surface area contributed by atoms with Crippen LogP contribution in [0.15, 0.2) is 28.3 Å². The zero-order valence-corrected chi connectivity index (χ0v) is 15.1. The second kappa shape index (κ2) is 6.45. The number of halogens is 4. The van der Waals surface area contributed by atoms with Gasteiger partial charge in [0.25, 0.3) is 0 Å². The minimum Gasteiger partial charge on any atom is -0.260 e. The lowest BCUT2D eigenvalue weighted by Gasteiger charge is -2.21. The van der Waals surface area contributed by atoms with Crippen LogP contribution in [-0.4, -0.2) is 19.6 Å². The second-order valence-corrected chi connectivity index (χ2v) is 8.21. The van der Waals surface area contributed by atoms with Gasteiger partial charge in [-0.05, 0) is 30.7 Å². The largest absolute Gasteiger partial charge is 0.417 e. The Labute approximate surface area is 159 Å². The van der Waals surface area contributed by atoms with E-state index in [2.05, 4.69) is 20.2 Å². The lowest BCUT2D eigenvalue weighted by molar-refractivity contribution is -0.137. The molecule has 1 saturated carbocycles. The number of thioether (sulfide) groups is 2.